The van der Waals surface area contributed by atoms with Crippen molar-refractivity contribution in [2.24, 2.45) is 0 Å². The molecule has 0 bridgehead atoms. The number of para-hydroxylation sites is 1. The zero-order valence-electron chi connectivity index (χ0n) is 32.9. The van der Waals surface area contributed by atoms with Gasteiger partial charge in [-0.3, -0.25) is 0 Å². The van der Waals surface area contributed by atoms with Crippen molar-refractivity contribution in [3.05, 3.63) is 86.5 Å². The molecular formula is C43H52F2IO5P. The van der Waals surface area contributed by atoms with Crippen LogP contribution in [-0.2, 0) is 21.7 Å². The van der Waals surface area contributed by atoms with E-state index in [9.17, 15) is 8.78 Å². The third-order valence-electron chi connectivity index (χ3n) is 9.08. The van der Waals surface area contributed by atoms with Gasteiger partial charge in [-0.2, -0.15) is 0 Å². The number of fused-ring (bicyclic) bond motifs is 1. The molecule has 4 aromatic rings. The number of methoxy groups -OCH3 is 2. The minimum atomic E-state index is -3.85. The van der Waals surface area contributed by atoms with E-state index >= 15 is 0 Å². The van der Waals surface area contributed by atoms with Gasteiger partial charge in [0, 0.05) is 27.6 Å². The molecule has 280 valence electrons. The normalized spacial score (nSPS) is 14.5. The van der Waals surface area contributed by atoms with Gasteiger partial charge in [-0.05, 0) is 105 Å². The van der Waals surface area contributed by atoms with Crippen LogP contribution in [0.3, 0.4) is 0 Å². The van der Waals surface area contributed by atoms with E-state index in [0.717, 1.165) is 49.7 Å². The molecule has 0 saturated carbocycles. The lowest BCUT2D eigenvalue weighted by atomic mass is 9.79. The average molecular weight is 845 g/mol. The Hall–Kier alpha value is -3.10. The molecule has 0 spiro atoms. The molecule has 0 N–H and O–H groups in total. The molecule has 0 aromatic heterocycles. The molecule has 0 saturated heterocycles. The van der Waals surface area contributed by atoms with Crippen LogP contribution in [0.15, 0.2) is 60.7 Å². The van der Waals surface area contributed by atoms with Gasteiger partial charge in [0.05, 0.1) is 17.8 Å². The second-order valence-electron chi connectivity index (χ2n) is 17.4. The summed E-state index contributed by atoms with van der Waals surface area (Å²) in [7, 11) is 1.99. The molecule has 0 aliphatic carbocycles. The van der Waals surface area contributed by atoms with Gasteiger partial charge < -0.3 is 23.7 Å². The number of halogens is 3. The lowest BCUT2D eigenvalue weighted by molar-refractivity contribution is -0.287. The van der Waals surface area contributed by atoms with E-state index in [4.69, 9.17) is 23.7 Å². The first-order valence-corrected chi connectivity index (χ1v) is 19.9. The SMILES string of the molecule is COc1c(C(C)(C)C)cc(P(c2cc(C(C)(C)C)c(OC)c(C(C)(C)C)c2)c2cc(Oc3ccccc3)c3c(c2I)OC(F)(F)O3)cc1C(C)(C)C. The molecule has 9 heteroatoms. The predicted octanol–water partition coefficient (Wildman–Crippen LogP) is 11.4. The van der Waals surface area contributed by atoms with Crippen LogP contribution in [0, 0.1) is 3.57 Å². The lowest BCUT2D eigenvalue weighted by Gasteiger charge is -2.34. The van der Waals surface area contributed by atoms with Crippen LogP contribution < -0.4 is 39.6 Å². The van der Waals surface area contributed by atoms with E-state index in [-0.39, 0.29) is 38.9 Å². The van der Waals surface area contributed by atoms with E-state index in [0.29, 0.717) is 9.32 Å². The van der Waals surface area contributed by atoms with Gasteiger partial charge in [0.1, 0.15) is 17.2 Å². The van der Waals surface area contributed by atoms with Gasteiger partial charge >= 0.3 is 6.29 Å². The van der Waals surface area contributed by atoms with E-state index in [1.807, 2.05) is 24.3 Å². The van der Waals surface area contributed by atoms with E-state index in [2.05, 4.69) is 130 Å². The highest BCUT2D eigenvalue weighted by Gasteiger charge is 2.48. The van der Waals surface area contributed by atoms with Crippen molar-refractivity contribution >= 4 is 46.4 Å². The third-order valence-corrected chi connectivity index (χ3v) is 13.0. The Morgan fingerprint density at radius 2 is 0.981 bits per heavy atom. The number of alkyl halides is 2. The number of hydrogen-bond acceptors (Lipinski definition) is 5. The van der Waals surface area contributed by atoms with Crippen LogP contribution in [-0.4, -0.2) is 20.5 Å². The van der Waals surface area contributed by atoms with Gasteiger partial charge in [0.25, 0.3) is 0 Å². The van der Waals surface area contributed by atoms with Crippen LogP contribution in [0.1, 0.15) is 105 Å². The summed E-state index contributed by atoms with van der Waals surface area (Å²) in [5.74, 6) is 2.19. The molecule has 0 unspecified atom stereocenters. The molecule has 0 radical (unpaired) electrons. The summed E-state index contributed by atoms with van der Waals surface area (Å²) in [6.07, 6.45) is -3.85. The van der Waals surface area contributed by atoms with Crippen molar-refractivity contribution in [3.8, 4) is 34.5 Å². The van der Waals surface area contributed by atoms with Crippen LogP contribution in [0.25, 0.3) is 0 Å². The van der Waals surface area contributed by atoms with E-state index in [1.165, 1.54) is 0 Å². The van der Waals surface area contributed by atoms with Crippen molar-refractivity contribution in [1.82, 2.24) is 0 Å². The third kappa shape index (κ3) is 8.03. The number of benzene rings is 4. The molecule has 5 nitrogen and oxygen atoms in total. The summed E-state index contributed by atoms with van der Waals surface area (Å²) >= 11 is 2.14. The first-order chi connectivity index (χ1) is 23.9. The molecule has 0 amide bonds. The molecular weight excluding hydrogens is 792 g/mol. The van der Waals surface area contributed by atoms with Gasteiger partial charge in [0.15, 0.2) is 11.5 Å². The fourth-order valence-electron chi connectivity index (χ4n) is 6.46. The maximum absolute atomic E-state index is 15.0. The van der Waals surface area contributed by atoms with Crippen LogP contribution in [0.4, 0.5) is 8.78 Å². The maximum atomic E-state index is 15.0. The minimum Gasteiger partial charge on any atom is -0.496 e. The quantitative estimate of drug-likeness (QED) is 0.137. The first-order valence-electron chi connectivity index (χ1n) is 17.5. The topological polar surface area (TPSA) is 46.2 Å². The molecule has 1 aliphatic heterocycles. The largest absolute Gasteiger partial charge is 0.586 e. The summed E-state index contributed by atoms with van der Waals surface area (Å²) in [6, 6.07) is 19.9. The number of hydrogen-bond donors (Lipinski definition) is 0. The summed E-state index contributed by atoms with van der Waals surface area (Å²) in [4.78, 5) is 0. The molecule has 1 heterocycles. The highest BCUT2D eigenvalue weighted by molar-refractivity contribution is 14.1. The zero-order chi connectivity index (χ0) is 38.8. The average Bonchev–Trinajstić information content (AvgIpc) is 3.37. The van der Waals surface area contributed by atoms with Crippen LogP contribution in [0.2, 0.25) is 0 Å². The molecule has 0 fully saturated rings. The van der Waals surface area contributed by atoms with E-state index < -0.39 is 14.2 Å². The molecule has 4 aromatic carbocycles. The van der Waals surface area contributed by atoms with Crippen LogP contribution in [0.5, 0.6) is 34.5 Å². The first kappa shape index (κ1) is 40.1. The minimum absolute atomic E-state index is 0.0391. The number of rotatable bonds is 7. The van der Waals surface area contributed by atoms with Gasteiger partial charge in [-0.25, -0.2) is 0 Å². The number of ether oxygens (including phenoxy) is 5. The second-order valence-corrected chi connectivity index (χ2v) is 20.7. The van der Waals surface area contributed by atoms with Crippen molar-refractivity contribution in [3.63, 3.8) is 0 Å². The lowest BCUT2D eigenvalue weighted by Crippen LogP contribution is -2.30. The Morgan fingerprint density at radius 1 is 0.596 bits per heavy atom. The summed E-state index contributed by atoms with van der Waals surface area (Å²) < 4.78 is 59.6. The fourth-order valence-corrected chi connectivity index (χ4v) is 10.1. The molecule has 1 aliphatic rings. The molecule has 5 rings (SSSR count). The molecule has 52 heavy (non-hydrogen) atoms. The molecule has 0 atom stereocenters. The van der Waals surface area contributed by atoms with E-state index in [1.54, 1.807) is 26.4 Å². The van der Waals surface area contributed by atoms with Crippen molar-refractivity contribution in [2.75, 3.05) is 14.2 Å². The van der Waals surface area contributed by atoms with Crippen molar-refractivity contribution in [2.45, 2.75) is 111 Å². The van der Waals surface area contributed by atoms with Crippen LogP contribution >= 0.6 is 30.5 Å². The zero-order valence-corrected chi connectivity index (χ0v) is 35.9. The van der Waals surface area contributed by atoms with Crippen molar-refractivity contribution in [1.29, 1.82) is 0 Å². The Kier molecular flexibility index (Phi) is 10.8. The Bertz CT molecular complexity index is 1810. The summed E-state index contributed by atoms with van der Waals surface area (Å²) in [6.45, 7) is 26.2. The van der Waals surface area contributed by atoms with Gasteiger partial charge in [-0.15, -0.1) is 8.78 Å². The fraction of sp³-hybridized carbons (Fsp3) is 0.442. The highest BCUT2D eigenvalue weighted by atomic mass is 127. The maximum Gasteiger partial charge on any atom is 0.586 e. The Morgan fingerprint density at radius 3 is 1.35 bits per heavy atom. The summed E-state index contributed by atoms with van der Waals surface area (Å²) in [5.41, 5.74) is 3.15. The predicted molar refractivity (Wildman–Crippen MR) is 218 cm³/mol. The Balaban J connectivity index is 1.98. The van der Waals surface area contributed by atoms with Crippen molar-refractivity contribution < 1.29 is 32.5 Å². The van der Waals surface area contributed by atoms with Gasteiger partial charge in [-0.1, -0.05) is 101 Å². The van der Waals surface area contributed by atoms with Gasteiger partial charge in [0.2, 0.25) is 5.75 Å². The highest BCUT2D eigenvalue weighted by Crippen LogP contribution is 2.54. The Labute approximate surface area is 323 Å². The standard InChI is InChI=1S/C43H52F2IO5P/c1-39(2,3)28-20-26(21-29(35(28)47-13)40(4,5)6)52(27-22-30(41(7,8)9)36(48-14)31(23-27)42(10,11)12)33-24-32(49-25-18-16-15-17-19-25)37-38(34(33)46)51-43(44,45)50-37/h15-24H,1-14H3. The summed E-state index contributed by atoms with van der Waals surface area (Å²) in [5, 5.41) is 2.89. The second kappa shape index (κ2) is 14.0. The smallest absolute Gasteiger partial charge is 0.496 e. The monoisotopic (exact) mass is 844 g/mol.